The zero-order valence-corrected chi connectivity index (χ0v) is 13.8. The Hall–Kier alpha value is -1.40. The number of nitrogens with one attached hydrogen (secondary N) is 2. The van der Waals surface area contributed by atoms with E-state index in [0.717, 1.165) is 32.4 Å². The molecule has 1 heterocycles. The van der Waals surface area contributed by atoms with Gasteiger partial charge < -0.3 is 10.6 Å². The third-order valence-corrected chi connectivity index (χ3v) is 4.74. The molecule has 0 aromatic heterocycles. The van der Waals surface area contributed by atoms with Gasteiger partial charge in [0.05, 0.1) is 5.75 Å². The van der Waals surface area contributed by atoms with Crippen molar-refractivity contribution in [2.45, 2.75) is 31.4 Å². The van der Waals surface area contributed by atoms with Crippen molar-refractivity contribution in [3.05, 3.63) is 29.8 Å². The lowest BCUT2D eigenvalue weighted by atomic mass is 9.93. The molecule has 1 aromatic rings. The Balaban J connectivity index is 1.84. The Morgan fingerprint density at radius 3 is 2.73 bits per heavy atom. The molecule has 122 valence electrons. The Labute approximate surface area is 132 Å². The fourth-order valence-corrected chi connectivity index (χ4v) is 3.56. The molecule has 6 heteroatoms. The number of carbonyl (C=O) groups excluding carboxylic acids is 1. The third kappa shape index (κ3) is 6.15. The first-order valence-electron chi connectivity index (χ1n) is 7.69. The zero-order chi connectivity index (χ0) is 16.0. The quantitative estimate of drug-likeness (QED) is 0.839. The summed E-state index contributed by atoms with van der Waals surface area (Å²) < 4.78 is 22.6. The number of piperidine rings is 1. The summed E-state index contributed by atoms with van der Waals surface area (Å²) in [6.07, 6.45) is 4.91. The Morgan fingerprint density at radius 2 is 2.05 bits per heavy atom. The highest BCUT2D eigenvalue weighted by atomic mass is 32.2. The van der Waals surface area contributed by atoms with Gasteiger partial charge in [0.15, 0.2) is 9.84 Å². The van der Waals surface area contributed by atoms with Gasteiger partial charge in [-0.15, -0.1) is 0 Å². The summed E-state index contributed by atoms with van der Waals surface area (Å²) >= 11 is 0. The molecular formula is C16H24N2O3S. The number of rotatable bonds is 6. The van der Waals surface area contributed by atoms with Crippen LogP contribution in [0.15, 0.2) is 24.3 Å². The van der Waals surface area contributed by atoms with Gasteiger partial charge in [0.2, 0.25) is 5.91 Å². The van der Waals surface area contributed by atoms with Gasteiger partial charge in [0.25, 0.3) is 0 Å². The van der Waals surface area contributed by atoms with Crippen LogP contribution >= 0.6 is 0 Å². The van der Waals surface area contributed by atoms with Crippen LogP contribution in [0.3, 0.4) is 0 Å². The Morgan fingerprint density at radius 1 is 1.32 bits per heavy atom. The van der Waals surface area contributed by atoms with Crippen LogP contribution in [0.1, 0.15) is 31.2 Å². The highest BCUT2D eigenvalue weighted by Gasteiger charge is 2.14. The van der Waals surface area contributed by atoms with Crippen molar-refractivity contribution in [2.24, 2.45) is 5.92 Å². The third-order valence-electron chi connectivity index (χ3n) is 3.88. The Kier molecular flexibility index (Phi) is 5.97. The first kappa shape index (κ1) is 17.0. The number of sulfone groups is 1. The number of hydrogen-bond acceptors (Lipinski definition) is 4. The number of hydrogen-bond donors (Lipinski definition) is 2. The van der Waals surface area contributed by atoms with E-state index in [1.807, 2.05) is 0 Å². The van der Waals surface area contributed by atoms with Crippen molar-refractivity contribution in [2.75, 3.05) is 24.7 Å². The lowest BCUT2D eigenvalue weighted by molar-refractivity contribution is -0.116. The standard InChI is InChI=1S/C16H24N2O3S/c1-22(20,21)12-14-3-2-4-15(11-14)18-16(19)6-5-13-7-9-17-10-8-13/h2-4,11,13,17H,5-10,12H2,1H3,(H,18,19). The first-order chi connectivity index (χ1) is 10.4. The fraction of sp³-hybridized carbons (Fsp3) is 0.562. The number of carbonyl (C=O) groups is 1. The van der Waals surface area contributed by atoms with Gasteiger partial charge in [-0.25, -0.2) is 8.42 Å². The van der Waals surface area contributed by atoms with Gasteiger partial charge in [-0.3, -0.25) is 4.79 Å². The molecule has 0 spiro atoms. The number of benzene rings is 1. The molecule has 0 atom stereocenters. The second-order valence-corrected chi connectivity index (χ2v) is 8.19. The monoisotopic (exact) mass is 324 g/mol. The van der Waals surface area contributed by atoms with E-state index in [0.29, 0.717) is 23.6 Å². The van der Waals surface area contributed by atoms with Crippen LogP contribution in [0.5, 0.6) is 0 Å². The van der Waals surface area contributed by atoms with Crippen LogP contribution in [0.4, 0.5) is 5.69 Å². The summed E-state index contributed by atoms with van der Waals surface area (Å²) in [5, 5.41) is 6.18. The molecule has 0 unspecified atom stereocenters. The highest BCUT2D eigenvalue weighted by molar-refractivity contribution is 7.89. The van der Waals surface area contributed by atoms with Crippen molar-refractivity contribution in [1.82, 2.24) is 5.32 Å². The molecule has 0 aliphatic carbocycles. The van der Waals surface area contributed by atoms with Crippen molar-refractivity contribution < 1.29 is 13.2 Å². The predicted octanol–water partition coefficient (Wildman–Crippen LogP) is 1.95. The molecule has 22 heavy (non-hydrogen) atoms. The van der Waals surface area contributed by atoms with E-state index in [1.165, 1.54) is 6.26 Å². The first-order valence-corrected chi connectivity index (χ1v) is 9.76. The van der Waals surface area contributed by atoms with Gasteiger partial charge in [-0.05, 0) is 56.0 Å². The van der Waals surface area contributed by atoms with Gasteiger partial charge in [0, 0.05) is 18.4 Å². The smallest absolute Gasteiger partial charge is 0.224 e. The van der Waals surface area contributed by atoms with E-state index >= 15 is 0 Å². The van der Waals surface area contributed by atoms with Crippen LogP contribution < -0.4 is 10.6 Å². The van der Waals surface area contributed by atoms with Crippen molar-refractivity contribution >= 4 is 21.4 Å². The lowest BCUT2D eigenvalue weighted by Crippen LogP contribution is -2.28. The summed E-state index contributed by atoms with van der Waals surface area (Å²) in [5.74, 6) is 0.616. The van der Waals surface area contributed by atoms with E-state index in [1.54, 1.807) is 24.3 Å². The minimum absolute atomic E-state index is 0.00459. The summed E-state index contributed by atoms with van der Waals surface area (Å²) in [7, 11) is -3.07. The molecular weight excluding hydrogens is 300 g/mol. The van der Waals surface area contributed by atoms with Crippen molar-refractivity contribution in [3.63, 3.8) is 0 Å². The van der Waals surface area contributed by atoms with Crippen LogP contribution in [0, 0.1) is 5.92 Å². The normalized spacial score (nSPS) is 16.4. The second kappa shape index (κ2) is 7.74. The summed E-state index contributed by atoms with van der Waals surface area (Å²) in [5.41, 5.74) is 1.36. The van der Waals surface area contributed by atoms with E-state index < -0.39 is 9.84 Å². The maximum Gasteiger partial charge on any atom is 0.224 e. The Bertz CT molecular complexity index is 608. The van der Waals surface area contributed by atoms with Gasteiger partial charge in [-0.1, -0.05) is 12.1 Å². The van der Waals surface area contributed by atoms with Crippen LogP contribution in [0.2, 0.25) is 0 Å². The van der Waals surface area contributed by atoms with Gasteiger partial charge in [-0.2, -0.15) is 0 Å². The maximum absolute atomic E-state index is 12.0. The molecule has 1 fully saturated rings. The van der Waals surface area contributed by atoms with Crippen molar-refractivity contribution in [3.8, 4) is 0 Å². The van der Waals surface area contributed by atoms with E-state index in [-0.39, 0.29) is 11.7 Å². The average Bonchev–Trinajstić information content (AvgIpc) is 2.45. The molecule has 2 rings (SSSR count). The minimum Gasteiger partial charge on any atom is -0.326 e. The number of anilines is 1. The van der Waals surface area contributed by atoms with E-state index in [2.05, 4.69) is 10.6 Å². The lowest BCUT2D eigenvalue weighted by Gasteiger charge is -2.22. The molecule has 1 amide bonds. The van der Waals surface area contributed by atoms with Crippen molar-refractivity contribution in [1.29, 1.82) is 0 Å². The molecule has 1 aromatic carbocycles. The summed E-state index contributed by atoms with van der Waals surface area (Å²) in [6, 6.07) is 7.03. The molecule has 1 aliphatic heterocycles. The predicted molar refractivity (Wildman–Crippen MR) is 88.4 cm³/mol. The largest absolute Gasteiger partial charge is 0.326 e. The fourth-order valence-electron chi connectivity index (χ4n) is 2.77. The second-order valence-electron chi connectivity index (χ2n) is 6.05. The molecule has 0 radical (unpaired) electrons. The molecule has 1 saturated heterocycles. The average molecular weight is 324 g/mol. The van der Waals surface area contributed by atoms with Crippen LogP contribution in [0.25, 0.3) is 0 Å². The van der Waals surface area contributed by atoms with Gasteiger partial charge >= 0.3 is 0 Å². The SMILES string of the molecule is CS(=O)(=O)Cc1cccc(NC(=O)CCC2CCNCC2)c1. The summed E-state index contributed by atoms with van der Waals surface area (Å²) in [6.45, 7) is 2.08. The van der Waals surface area contributed by atoms with Crippen LogP contribution in [-0.4, -0.2) is 33.7 Å². The topological polar surface area (TPSA) is 75.3 Å². The molecule has 5 nitrogen and oxygen atoms in total. The van der Waals surface area contributed by atoms with Crippen LogP contribution in [-0.2, 0) is 20.4 Å². The molecule has 2 N–H and O–H groups in total. The molecule has 0 bridgehead atoms. The maximum atomic E-state index is 12.0. The summed E-state index contributed by atoms with van der Waals surface area (Å²) in [4.78, 5) is 12.0. The minimum atomic E-state index is -3.07. The van der Waals surface area contributed by atoms with E-state index in [4.69, 9.17) is 0 Å². The van der Waals surface area contributed by atoms with E-state index in [9.17, 15) is 13.2 Å². The zero-order valence-electron chi connectivity index (χ0n) is 13.0. The molecule has 0 saturated carbocycles. The van der Waals surface area contributed by atoms with Gasteiger partial charge in [0.1, 0.15) is 0 Å². The highest BCUT2D eigenvalue weighted by Crippen LogP contribution is 2.19. The molecule has 1 aliphatic rings. The number of amides is 1.